The summed E-state index contributed by atoms with van der Waals surface area (Å²) in [5, 5.41) is 15.3. The lowest BCUT2D eigenvalue weighted by Gasteiger charge is -2.36. The number of anilines is 3. The highest BCUT2D eigenvalue weighted by molar-refractivity contribution is 6.02. The van der Waals surface area contributed by atoms with Crippen molar-refractivity contribution in [1.29, 1.82) is 0 Å². The minimum absolute atomic E-state index is 0.0559. The Labute approximate surface area is 201 Å². The van der Waals surface area contributed by atoms with Crippen LogP contribution in [0.25, 0.3) is 0 Å². The fraction of sp³-hybridized carbons (Fsp3) is 0.462. The molecule has 3 N–H and O–H groups in total. The Balaban J connectivity index is 1.92. The lowest BCUT2D eigenvalue weighted by atomic mass is 9.95. The number of carboxylic acids is 1. The van der Waals surface area contributed by atoms with Crippen LogP contribution >= 0.6 is 0 Å². The summed E-state index contributed by atoms with van der Waals surface area (Å²) in [6, 6.07) is 13.3. The number of aryl methyl sites for hydroxylation is 1. The minimum Gasteiger partial charge on any atom is -0.481 e. The second-order valence-corrected chi connectivity index (χ2v) is 8.60. The molecule has 2 amide bonds. The maximum Gasteiger partial charge on any atom is 0.323 e. The van der Waals surface area contributed by atoms with Crippen LogP contribution in [-0.2, 0) is 14.3 Å². The molecule has 8 nitrogen and oxygen atoms in total. The number of hydrogen-bond donors (Lipinski definition) is 3. The number of urea groups is 1. The van der Waals surface area contributed by atoms with Crippen molar-refractivity contribution in [2.75, 3.05) is 49.0 Å². The molecule has 0 bridgehead atoms. The Kier molecular flexibility index (Phi) is 9.30. The maximum absolute atomic E-state index is 12.9. The van der Waals surface area contributed by atoms with E-state index in [0.717, 1.165) is 36.2 Å². The first kappa shape index (κ1) is 25.5. The molecule has 2 aromatic carbocycles. The standard InChI is InChI=1S/C26H35N3O5/c1-4-29(22-11-13-34-14-12-22)24-10-7-19(20(17-33-3)16-25(30)31)15-23(24)28-26(32)27-21-8-5-18(2)6-9-21/h5-10,15,20,22H,4,11-14,16-17H2,1-3H3,(H,30,31)(H2,27,28,32). The van der Waals surface area contributed by atoms with Crippen LogP contribution in [0.3, 0.4) is 0 Å². The molecule has 2 aromatic rings. The highest BCUT2D eigenvalue weighted by atomic mass is 16.5. The fourth-order valence-corrected chi connectivity index (χ4v) is 4.39. The van der Waals surface area contributed by atoms with Crippen molar-refractivity contribution in [1.82, 2.24) is 0 Å². The highest BCUT2D eigenvalue weighted by Crippen LogP contribution is 2.34. The van der Waals surface area contributed by atoms with Crippen LogP contribution in [0.4, 0.5) is 21.9 Å². The van der Waals surface area contributed by atoms with Crippen LogP contribution in [0.15, 0.2) is 42.5 Å². The van der Waals surface area contributed by atoms with Gasteiger partial charge in [0.2, 0.25) is 0 Å². The molecule has 34 heavy (non-hydrogen) atoms. The average molecular weight is 470 g/mol. The van der Waals surface area contributed by atoms with Crippen molar-refractivity contribution < 1.29 is 24.2 Å². The van der Waals surface area contributed by atoms with Gasteiger partial charge in [-0.15, -0.1) is 0 Å². The Morgan fingerprint density at radius 2 is 1.85 bits per heavy atom. The van der Waals surface area contributed by atoms with Crippen LogP contribution in [0.1, 0.15) is 43.2 Å². The zero-order valence-electron chi connectivity index (χ0n) is 20.2. The summed E-state index contributed by atoms with van der Waals surface area (Å²) in [4.78, 5) is 26.6. The average Bonchev–Trinajstić information content (AvgIpc) is 2.82. The minimum atomic E-state index is -0.893. The second-order valence-electron chi connectivity index (χ2n) is 8.60. The van der Waals surface area contributed by atoms with E-state index in [1.165, 1.54) is 0 Å². The molecule has 1 fully saturated rings. The molecular weight excluding hydrogens is 434 g/mol. The molecule has 1 saturated heterocycles. The molecule has 1 unspecified atom stereocenters. The van der Waals surface area contributed by atoms with Gasteiger partial charge in [-0.2, -0.15) is 0 Å². The summed E-state index contributed by atoms with van der Waals surface area (Å²) in [7, 11) is 1.56. The highest BCUT2D eigenvalue weighted by Gasteiger charge is 2.25. The van der Waals surface area contributed by atoms with Crippen molar-refractivity contribution in [3.8, 4) is 0 Å². The van der Waals surface area contributed by atoms with Gasteiger partial charge in [0, 0.05) is 44.5 Å². The van der Waals surface area contributed by atoms with Gasteiger partial charge in [-0.25, -0.2) is 4.79 Å². The second kappa shape index (κ2) is 12.4. The van der Waals surface area contributed by atoms with Gasteiger partial charge >= 0.3 is 12.0 Å². The smallest absolute Gasteiger partial charge is 0.323 e. The SMILES string of the molecule is CCN(c1ccc(C(COC)CC(=O)O)cc1NC(=O)Nc1ccc(C)cc1)C1CCOCC1. The monoisotopic (exact) mass is 469 g/mol. The summed E-state index contributed by atoms with van der Waals surface area (Å²) < 4.78 is 10.8. The van der Waals surface area contributed by atoms with Crippen LogP contribution in [-0.4, -0.2) is 56.6 Å². The van der Waals surface area contributed by atoms with E-state index in [2.05, 4.69) is 22.5 Å². The number of benzene rings is 2. The third-order valence-electron chi connectivity index (χ3n) is 6.12. The summed E-state index contributed by atoms with van der Waals surface area (Å²) >= 11 is 0. The number of nitrogens with one attached hydrogen (secondary N) is 2. The van der Waals surface area contributed by atoms with Gasteiger partial charge in [0.05, 0.1) is 24.4 Å². The molecule has 0 aromatic heterocycles. The zero-order valence-corrected chi connectivity index (χ0v) is 20.2. The first-order chi connectivity index (χ1) is 16.4. The Hall–Kier alpha value is -3.10. The number of ether oxygens (including phenoxy) is 2. The fourth-order valence-electron chi connectivity index (χ4n) is 4.39. The van der Waals surface area contributed by atoms with Gasteiger partial charge in [-0.1, -0.05) is 23.8 Å². The van der Waals surface area contributed by atoms with E-state index in [4.69, 9.17) is 9.47 Å². The predicted octanol–water partition coefficient (Wildman–Crippen LogP) is 4.85. The van der Waals surface area contributed by atoms with E-state index in [9.17, 15) is 14.7 Å². The van der Waals surface area contributed by atoms with Gasteiger partial charge in [0.25, 0.3) is 0 Å². The van der Waals surface area contributed by atoms with Crippen molar-refractivity contribution in [3.05, 3.63) is 53.6 Å². The van der Waals surface area contributed by atoms with Crippen molar-refractivity contribution >= 4 is 29.1 Å². The molecule has 3 rings (SSSR count). The van der Waals surface area contributed by atoms with E-state index in [-0.39, 0.29) is 25.0 Å². The molecule has 1 aliphatic rings. The normalized spacial score (nSPS) is 14.9. The first-order valence-corrected chi connectivity index (χ1v) is 11.7. The van der Waals surface area contributed by atoms with Crippen LogP contribution < -0.4 is 15.5 Å². The largest absolute Gasteiger partial charge is 0.481 e. The summed E-state index contributed by atoms with van der Waals surface area (Å²) in [5.41, 5.74) is 4.16. The van der Waals surface area contributed by atoms with Crippen LogP contribution in [0.5, 0.6) is 0 Å². The van der Waals surface area contributed by atoms with E-state index < -0.39 is 5.97 Å². The Morgan fingerprint density at radius 1 is 1.15 bits per heavy atom. The van der Waals surface area contributed by atoms with E-state index in [1.54, 1.807) is 7.11 Å². The number of nitrogens with zero attached hydrogens (tertiary/aromatic N) is 1. The van der Waals surface area contributed by atoms with Gasteiger partial charge in [0.15, 0.2) is 0 Å². The number of carboxylic acid groups (broad SMARTS) is 1. The summed E-state index contributed by atoms with van der Waals surface area (Å²) in [5.74, 6) is -1.22. The van der Waals surface area contributed by atoms with Gasteiger partial charge < -0.3 is 30.1 Å². The third kappa shape index (κ3) is 6.95. The Morgan fingerprint density at radius 3 is 2.47 bits per heavy atom. The number of hydrogen-bond acceptors (Lipinski definition) is 5. The number of methoxy groups -OCH3 is 1. The molecule has 0 spiro atoms. The predicted molar refractivity (Wildman–Crippen MR) is 134 cm³/mol. The molecule has 0 saturated carbocycles. The lowest BCUT2D eigenvalue weighted by Crippen LogP contribution is -2.40. The number of rotatable bonds is 10. The number of aliphatic carboxylic acids is 1. The molecule has 1 atom stereocenters. The van der Waals surface area contributed by atoms with E-state index in [0.29, 0.717) is 30.6 Å². The van der Waals surface area contributed by atoms with Crippen molar-refractivity contribution in [2.45, 2.75) is 45.1 Å². The number of carbonyl (C=O) groups is 2. The quantitative estimate of drug-likeness (QED) is 0.460. The van der Waals surface area contributed by atoms with Crippen LogP contribution in [0.2, 0.25) is 0 Å². The van der Waals surface area contributed by atoms with Crippen molar-refractivity contribution in [3.63, 3.8) is 0 Å². The van der Waals surface area contributed by atoms with Gasteiger partial charge in [-0.3, -0.25) is 4.79 Å². The number of amides is 2. The Bertz CT molecular complexity index is 957. The zero-order chi connectivity index (χ0) is 24.5. The molecule has 184 valence electrons. The topological polar surface area (TPSA) is 100 Å². The first-order valence-electron chi connectivity index (χ1n) is 11.7. The summed E-state index contributed by atoms with van der Waals surface area (Å²) in [6.45, 7) is 6.56. The van der Waals surface area contributed by atoms with Crippen molar-refractivity contribution in [2.24, 2.45) is 0 Å². The van der Waals surface area contributed by atoms with E-state index in [1.807, 2.05) is 49.4 Å². The molecule has 0 aliphatic carbocycles. The van der Waals surface area contributed by atoms with Gasteiger partial charge in [-0.05, 0) is 56.5 Å². The van der Waals surface area contributed by atoms with Gasteiger partial charge in [0.1, 0.15) is 0 Å². The number of carbonyl (C=O) groups excluding carboxylic acids is 1. The molecule has 1 aliphatic heterocycles. The molecule has 1 heterocycles. The summed E-state index contributed by atoms with van der Waals surface area (Å²) in [6.07, 6.45) is 1.77. The molecule has 8 heteroatoms. The van der Waals surface area contributed by atoms with E-state index >= 15 is 0 Å². The third-order valence-corrected chi connectivity index (χ3v) is 6.12. The van der Waals surface area contributed by atoms with Crippen LogP contribution in [0, 0.1) is 6.92 Å². The lowest BCUT2D eigenvalue weighted by molar-refractivity contribution is -0.137. The molecule has 0 radical (unpaired) electrons. The maximum atomic E-state index is 12.9. The molecular formula is C26H35N3O5.